The van der Waals surface area contributed by atoms with Gasteiger partial charge in [0.2, 0.25) is 5.95 Å². The van der Waals surface area contributed by atoms with Crippen molar-refractivity contribution in [3.8, 4) is 0 Å². The maximum Gasteiger partial charge on any atom is 0.309 e. The number of hydrazone groups is 1. The Labute approximate surface area is 136 Å². The molecule has 0 saturated carbocycles. The molecule has 11 heteroatoms. The maximum atomic E-state index is 13.7. The highest BCUT2D eigenvalue weighted by Crippen LogP contribution is 2.18. The molecule has 1 atom stereocenters. The molecule has 0 bridgehead atoms. The molecule has 1 unspecified atom stereocenters. The first-order valence-electron chi connectivity index (χ1n) is 6.94. The Morgan fingerprint density at radius 2 is 2.12 bits per heavy atom. The van der Waals surface area contributed by atoms with Crippen molar-refractivity contribution in [3.63, 3.8) is 0 Å². The molecule has 0 aromatic carbocycles. The Kier molecular flexibility index (Phi) is 4.71. The third kappa shape index (κ3) is 3.29. The minimum absolute atomic E-state index is 0.163. The molecule has 0 radical (unpaired) electrons. The van der Waals surface area contributed by atoms with Crippen LogP contribution in [0.3, 0.4) is 0 Å². The minimum atomic E-state index is -0.825. The predicted molar refractivity (Wildman–Crippen MR) is 82.0 cm³/mol. The Balaban J connectivity index is 2.08. The van der Waals surface area contributed by atoms with Gasteiger partial charge in [-0.15, -0.1) is 0 Å². The number of carbonyl (C=O) groups excluding carboxylic acids is 1. The second kappa shape index (κ2) is 6.56. The van der Waals surface area contributed by atoms with Gasteiger partial charge in [0.05, 0.1) is 22.4 Å². The molecule has 0 saturated heterocycles. The van der Waals surface area contributed by atoms with Crippen LogP contribution in [0, 0.1) is 29.9 Å². The lowest BCUT2D eigenvalue weighted by atomic mass is 10.3. The number of aryl methyl sites for hydroxylation is 3. The average Bonchev–Trinajstić information content (AvgIpc) is 3.01. The second-order valence-corrected chi connectivity index (χ2v) is 5.16. The van der Waals surface area contributed by atoms with E-state index in [0.717, 1.165) is 10.9 Å². The van der Waals surface area contributed by atoms with Gasteiger partial charge in [-0.3, -0.25) is 19.6 Å². The first kappa shape index (κ1) is 17.2. The number of nitrogens with one attached hydrogen (secondary N) is 1. The first-order valence-corrected chi connectivity index (χ1v) is 6.94. The summed E-state index contributed by atoms with van der Waals surface area (Å²) < 4.78 is 15.9. The largest absolute Gasteiger partial charge is 0.309 e. The Morgan fingerprint density at radius 3 is 2.62 bits per heavy atom. The topological polar surface area (TPSA) is 120 Å². The molecule has 2 aromatic rings. The summed E-state index contributed by atoms with van der Waals surface area (Å²) in [6.07, 6.45) is 2.33. The summed E-state index contributed by atoms with van der Waals surface area (Å²) in [5.41, 5.74) is 2.87. The molecule has 2 rings (SSSR count). The molecule has 128 valence electrons. The van der Waals surface area contributed by atoms with Crippen molar-refractivity contribution >= 4 is 17.8 Å². The normalized spacial score (nSPS) is 12.5. The van der Waals surface area contributed by atoms with Crippen LogP contribution >= 0.6 is 0 Å². The highest BCUT2D eigenvalue weighted by molar-refractivity contribution is 5.84. The smallest absolute Gasteiger partial charge is 0.271 e. The summed E-state index contributed by atoms with van der Waals surface area (Å²) in [4.78, 5) is 22.3. The van der Waals surface area contributed by atoms with Crippen LogP contribution in [-0.4, -0.2) is 36.6 Å². The van der Waals surface area contributed by atoms with E-state index in [-0.39, 0.29) is 16.9 Å². The van der Waals surface area contributed by atoms with Gasteiger partial charge in [0, 0.05) is 7.05 Å². The minimum Gasteiger partial charge on any atom is -0.271 e. The molecule has 10 nitrogen and oxygen atoms in total. The summed E-state index contributed by atoms with van der Waals surface area (Å²) in [6.45, 7) is 4.60. The second-order valence-electron chi connectivity index (χ2n) is 5.16. The van der Waals surface area contributed by atoms with E-state index in [1.54, 1.807) is 6.92 Å². The predicted octanol–water partition coefficient (Wildman–Crippen LogP) is 0.992. The lowest BCUT2D eigenvalue weighted by molar-refractivity contribution is -0.385. The van der Waals surface area contributed by atoms with E-state index in [1.165, 1.54) is 31.8 Å². The van der Waals surface area contributed by atoms with Crippen molar-refractivity contribution < 1.29 is 14.1 Å². The molecule has 1 N–H and O–H groups in total. The van der Waals surface area contributed by atoms with Gasteiger partial charge < -0.3 is 0 Å². The molecule has 0 fully saturated rings. The number of hydrogen-bond donors (Lipinski definition) is 1. The standard InChI is InChI=1S/C13H16FN7O3/c1-7-10(12(14)19(4)17-7)5-15-16-13(22)9(3)20-6-11(21(23)24)8(2)18-20/h5-6,9H,1-4H3,(H,16,22)/b15-5+. The molecule has 24 heavy (non-hydrogen) atoms. The zero-order valence-corrected chi connectivity index (χ0v) is 13.5. The zero-order chi connectivity index (χ0) is 18.0. The van der Waals surface area contributed by atoms with Crippen LogP contribution in [0.25, 0.3) is 0 Å². The number of amides is 1. The van der Waals surface area contributed by atoms with Crippen LogP contribution < -0.4 is 5.43 Å². The highest BCUT2D eigenvalue weighted by Gasteiger charge is 2.22. The average molecular weight is 337 g/mol. The number of aromatic nitrogens is 4. The van der Waals surface area contributed by atoms with Gasteiger partial charge in [0.1, 0.15) is 17.9 Å². The number of carbonyl (C=O) groups is 1. The summed E-state index contributed by atoms with van der Waals surface area (Å²) in [6, 6.07) is -0.825. The molecule has 0 spiro atoms. The Morgan fingerprint density at radius 1 is 1.46 bits per heavy atom. The van der Waals surface area contributed by atoms with Crippen molar-refractivity contribution in [3.05, 3.63) is 39.2 Å². The fourth-order valence-electron chi connectivity index (χ4n) is 2.02. The number of rotatable bonds is 5. The monoisotopic (exact) mass is 337 g/mol. The lowest BCUT2D eigenvalue weighted by Crippen LogP contribution is -2.27. The van der Waals surface area contributed by atoms with Gasteiger partial charge in [-0.1, -0.05) is 0 Å². The Bertz CT molecular complexity index is 824. The zero-order valence-electron chi connectivity index (χ0n) is 13.5. The van der Waals surface area contributed by atoms with Crippen molar-refractivity contribution in [2.75, 3.05) is 0 Å². The van der Waals surface area contributed by atoms with Crippen molar-refractivity contribution in [1.82, 2.24) is 25.0 Å². The molecular formula is C13H16FN7O3. The van der Waals surface area contributed by atoms with Gasteiger partial charge in [-0.25, -0.2) is 10.1 Å². The SMILES string of the molecule is Cc1nn(C(C)C(=O)N/N=C/c2c(C)nn(C)c2F)cc1[N+](=O)[O-]. The Hall–Kier alpha value is -3.11. The summed E-state index contributed by atoms with van der Waals surface area (Å²) in [5.74, 6) is -1.12. The van der Waals surface area contributed by atoms with Crippen LogP contribution in [0.15, 0.2) is 11.3 Å². The van der Waals surface area contributed by atoms with Crippen molar-refractivity contribution in [1.29, 1.82) is 0 Å². The van der Waals surface area contributed by atoms with E-state index < -0.39 is 22.8 Å². The van der Waals surface area contributed by atoms with Gasteiger partial charge >= 0.3 is 5.69 Å². The van der Waals surface area contributed by atoms with E-state index in [0.29, 0.717) is 5.69 Å². The summed E-state index contributed by atoms with van der Waals surface area (Å²) in [7, 11) is 1.45. The molecule has 0 aliphatic rings. The van der Waals surface area contributed by atoms with E-state index in [2.05, 4.69) is 20.7 Å². The van der Waals surface area contributed by atoms with Gasteiger partial charge in [-0.2, -0.15) is 19.7 Å². The van der Waals surface area contributed by atoms with Crippen LogP contribution in [0.5, 0.6) is 0 Å². The molecule has 0 aliphatic carbocycles. The highest BCUT2D eigenvalue weighted by atomic mass is 19.1. The van der Waals surface area contributed by atoms with Gasteiger partial charge in [0.15, 0.2) is 0 Å². The maximum absolute atomic E-state index is 13.7. The molecular weight excluding hydrogens is 321 g/mol. The fraction of sp³-hybridized carbons (Fsp3) is 0.385. The van der Waals surface area contributed by atoms with E-state index in [9.17, 15) is 19.3 Å². The van der Waals surface area contributed by atoms with Crippen LogP contribution in [0.4, 0.5) is 10.1 Å². The number of nitrogens with zero attached hydrogens (tertiary/aromatic N) is 6. The van der Waals surface area contributed by atoms with Gasteiger partial charge in [-0.05, 0) is 20.8 Å². The van der Waals surface area contributed by atoms with Crippen molar-refractivity contribution in [2.24, 2.45) is 12.1 Å². The lowest BCUT2D eigenvalue weighted by Gasteiger charge is -2.09. The van der Waals surface area contributed by atoms with Crippen LogP contribution in [-0.2, 0) is 11.8 Å². The van der Waals surface area contributed by atoms with Crippen LogP contribution in [0.1, 0.15) is 29.9 Å². The summed E-state index contributed by atoms with van der Waals surface area (Å²) in [5, 5.41) is 22.3. The molecule has 0 aliphatic heterocycles. The third-order valence-corrected chi connectivity index (χ3v) is 3.43. The number of nitro groups is 1. The fourth-order valence-corrected chi connectivity index (χ4v) is 2.02. The molecule has 2 heterocycles. The third-order valence-electron chi connectivity index (χ3n) is 3.43. The molecule has 1 amide bonds. The quantitative estimate of drug-likeness (QED) is 0.495. The molecule has 2 aromatic heterocycles. The number of halogens is 1. The summed E-state index contributed by atoms with van der Waals surface area (Å²) >= 11 is 0. The van der Waals surface area contributed by atoms with Crippen LogP contribution in [0.2, 0.25) is 0 Å². The van der Waals surface area contributed by atoms with Gasteiger partial charge in [0.25, 0.3) is 5.91 Å². The van der Waals surface area contributed by atoms with E-state index in [1.807, 2.05) is 0 Å². The number of hydrogen-bond acceptors (Lipinski definition) is 6. The van der Waals surface area contributed by atoms with E-state index in [4.69, 9.17) is 0 Å². The van der Waals surface area contributed by atoms with Crippen molar-refractivity contribution in [2.45, 2.75) is 26.8 Å². The van der Waals surface area contributed by atoms with E-state index >= 15 is 0 Å². The first-order chi connectivity index (χ1) is 11.2.